The Labute approximate surface area is 87.8 Å². The van der Waals surface area contributed by atoms with E-state index in [1.54, 1.807) is 24.3 Å². The average molecular weight is 208 g/mol. The van der Waals surface area contributed by atoms with Crippen LogP contribution in [0.3, 0.4) is 0 Å². The highest BCUT2D eigenvalue weighted by Crippen LogP contribution is 2.12. The number of carbonyl (C=O) groups excluding carboxylic acids is 2. The summed E-state index contributed by atoms with van der Waals surface area (Å²) in [5, 5.41) is 0. The second-order valence-corrected chi connectivity index (χ2v) is 3.01. The fourth-order valence-corrected chi connectivity index (χ4v) is 0.990. The number of carbonyl (C=O) groups is 2. The van der Waals surface area contributed by atoms with E-state index in [4.69, 9.17) is 4.74 Å². The van der Waals surface area contributed by atoms with Gasteiger partial charge in [-0.2, -0.15) is 0 Å². The van der Waals surface area contributed by atoms with Gasteiger partial charge in [-0.05, 0) is 31.2 Å². The smallest absolute Gasteiger partial charge is 0.337 e. The number of hydrogen-bond donors (Lipinski definition) is 0. The van der Waals surface area contributed by atoms with Crippen LogP contribution in [0.15, 0.2) is 24.3 Å². The standard InChI is InChI=1S/C11H12O4/c1-8(12)7-15-10-5-3-9(4-6-10)11(13)14-2/h3-6H,7H2,1-2H3. The van der Waals surface area contributed by atoms with Gasteiger partial charge in [-0.25, -0.2) is 4.79 Å². The molecule has 1 rings (SSSR count). The first-order chi connectivity index (χ1) is 7.13. The average Bonchev–Trinajstić information content (AvgIpc) is 2.26. The Kier molecular flexibility index (Phi) is 3.85. The number of methoxy groups -OCH3 is 1. The van der Waals surface area contributed by atoms with Crippen molar-refractivity contribution in [2.24, 2.45) is 0 Å². The largest absolute Gasteiger partial charge is 0.486 e. The molecule has 1 aromatic carbocycles. The topological polar surface area (TPSA) is 52.6 Å². The monoisotopic (exact) mass is 208 g/mol. The van der Waals surface area contributed by atoms with Gasteiger partial charge in [0, 0.05) is 0 Å². The lowest BCUT2D eigenvalue weighted by molar-refractivity contribution is -0.118. The van der Waals surface area contributed by atoms with E-state index >= 15 is 0 Å². The molecule has 0 radical (unpaired) electrons. The van der Waals surface area contributed by atoms with Gasteiger partial charge < -0.3 is 9.47 Å². The van der Waals surface area contributed by atoms with Crippen molar-refractivity contribution in [3.8, 4) is 5.75 Å². The summed E-state index contributed by atoms with van der Waals surface area (Å²) in [4.78, 5) is 21.7. The van der Waals surface area contributed by atoms with Gasteiger partial charge in [-0.15, -0.1) is 0 Å². The first-order valence-corrected chi connectivity index (χ1v) is 4.44. The van der Waals surface area contributed by atoms with Crippen LogP contribution in [-0.2, 0) is 9.53 Å². The SMILES string of the molecule is COC(=O)c1ccc(OCC(C)=O)cc1. The summed E-state index contributed by atoms with van der Waals surface area (Å²) in [7, 11) is 1.32. The molecule has 80 valence electrons. The van der Waals surface area contributed by atoms with Gasteiger partial charge >= 0.3 is 5.97 Å². The molecule has 0 atom stereocenters. The third-order valence-corrected chi connectivity index (χ3v) is 1.72. The Morgan fingerprint density at radius 2 is 1.80 bits per heavy atom. The molecule has 0 fully saturated rings. The third-order valence-electron chi connectivity index (χ3n) is 1.72. The van der Waals surface area contributed by atoms with Gasteiger partial charge in [0.2, 0.25) is 0 Å². The summed E-state index contributed by atoms with van der Waals surface area (Å²) >= 11 is 0. The number of ketones is 1. The van der Waals surface area contributed by atoms with Crippen LogP contribution in [0.2, 0.25) is 0 Å². The fourth-order valence-electron chi connectivity index (χ4n) is 0.990. The van der Waals surface area contributed by atoms with Crippen LogP contribution in [0, 0.1) is 0 Å². The van der Waals surface area contributed by atoms with E-state index in [2.05, 4.69) is 4.74 Å². The molecule has 0 N–H and O–H groups in total. The van der Waals surface area contributed by atoms with Crippen molar-refractivity contribution in [2.45, 2.75) is 6.92 Å². The zero-order valence-electron chi connectivity index (χ0n) is 8.65. The van der Waals surface area contributed by atoms with Crippen LogP contribution in [0.25, 0.3) is 0 Å². The summed E-state index contributed by atoms with van der Waals surface area (Å²) < 4.78 is 9.67. The predicted octanol–water partition coefficient (Wildman–Crippen LogP) is 1.44. The summed E-state index contributed by atoms with van der Waals surface area (Å²) in [6, 6.07) is 6.41. The first kappa shape index (κ1) is 11.2. The molecule has 0 amide bonds. The van der Waals surface area contributed by atoms with Gasteiger partial charge in [0.25, 0.3) is 0 Å². The van der Waals surface area contributed by atoms with Crippen molar-refractivity contribution in [2.75, 3.05) is 13.7 Å². The molecule has 1 aromatic rings. The maximum atomic E-state index is 11.1. The Morgan fingerprint density at radius 3 is 2.27 bits per heavy atom. The van der Waals surface area contributed by atoms with E-state index in [1.165, 1.54) is 14.0 Å². The lowest BCUT2D eigenvalue weighted by atomic mass is 10.2. The van der Waals surface area contributed by atoms with Crippen LogP contribution < -0.4 is 4.74 Å². The zero-order valence-corrected chi connectivity index (χ0v) is 8.65. The van der Waals surface area contributed by atoms with Gasteiger partial charge in [0.15, 0.2) is 5.78 Å². The predicted molar refractivity (Wildman–Crippen MR) is 54.0 cm³/mol. The molecular formula is C11H12O4. The third kappa shape index (κ3) is 3.42. The molecule has 0 aliphatic carbocycles. The van der Waals surface area contributed by atoms with E-state index in [0.29, 0.717) is 11.3 Å². The molecule has 4 heteroatoms. The molecule has 0 aromatic heterocycles. The van der Waals surface area contributed by atoms with Crippen LogP contribution in [-0.4, -0.2) is 25.5 Å². The quantitative estimate of drug-likeness (QED) is 0.702. The highest BCUT2D eigenvalue weighted by Gasteiger charge is 2.04. The lowest BCUT2D eigenvalue weighted by Crippen LogP contribution is -2.07. The molecule has 0 bridgehead atoms. The van der Waals surface area contributed by atoms with Gasteiger partial charge in [-0.1, -0.05) is 0 Å². The van der Waals surface area contributed by atoms with Crippen molar-refractivity contribution in [1.29, 1.82) is 0 Å². The van der Waals surface area contributed by atoms with Crippen molar-refractivity contribution >= 4 is 11.8 Å². The summed E-state index contributed by atoms with van der Waals surface area (Å²) in [5.41, 5.74) is 0.452. The minimum atomic E-state index is -0.395. The summed E-state index contributed by atoms with van der Waals surface area (Å²) in [5.74, 6) is 0.109. The Hall–Kier alpha value is -1.84. The fraction of sp³-hybridized carbons (Fsp3) is 0.273. The van der Waals surface area contributed by atoms with E-state index in [9.17, 15) is 9.59 Å². The van der Waals surface area contributed by atoms with E-state index in [-0.39, 0.29) is 12.4 Å². The maximum absolute atomic E-state index is 11.1. The molecule has 0 saturated heterocycles. The Bertz CT molecular complexity index is 353. The van der Waals surface area contributed by atoms with E-state index in [1.807, 2.05) is 0 Å². The molecular weight excluding hydrogens is 196 g/mol. The number of ether oxygens (including phenoxy) is 2. The lowest BCUT2D eigenvalue weighted by Gasteiger charge is -2.04. The highest BCUT2D eigenvalue weighted by atomic mass is 16.5. The molecule has 0 heterocycles. The molecule has 0 unspecified atom stereocenters. The van der Waals surface area contributed by atoms with Crippen molar-refractivity contribution in [3.05, 3.63) is 29.8 Å². The molecule has 0 spiro atoms. The van der Waals surface area contributed by atoms with Gasteiger partial charge in [-0.3, -0.25) is 4.79 Å². The maximum Gasteiger partial charge on any atom is 0.337 e. The minimum Gasteiger partial charge on any atom is -0.486 e. The summed E-state index contributed by atoms with van der Waals surface area (Å²) in [6.45, 7) is 1.49. The normalized spacial score (nSPS) is 9.47. The number of benzene rings is 1. The highest BCUT2D eigenvalue weighted by molar-refractivity contribution is 5.89. The van der Waals surface area contributed by atoms with Gasteiger partial charge in [0.05, 0.1) is 12.7 Å². The number of hydrogen-bond acceptors (Lipinski definition) is 4. The Balaban J connectivity index is 2.64. The van der Waals surface area contributed by atoms with E-state index in [0.717, 1.165) is 0 Å². The number of rotatable bonds is 4. The van der Waals surface area contributed by atoms with E-state index < -0.39 is 5.97 Å². The number of esters is 1. The zero-order chi connectivity index (χ0) is 11.3. The molecule has 0 aliphatic heterocycles. The second kappa shape index (κ2) is 5.14. The van der Waals surface area contributed by atoms with Crippen molar-refractivity contribution < 1.29 is 19.1 Å². The molecule has 4 nitrogen and oxygen atoms in total. The van der Waals surface area contributed by atoms with Crippen molar-refractivity contribution in [3.63, 3.8) is 0 Å². The van der Waals surface area contributed by atoms with Crippen LogP contribution >= 0.6 is 0 Å². The molecule has 15 heavy (non-hydrogen) atoms. The second-order valence-electron chi connectivity index (χ2n) is 3.01. The van der Waals surface area contributed by atoms with Crippen LogP contribution in [0.5, 0.6) is 5.75 Å². The van der Waals surface area contributed by atoms with Crippen molar-refractivity contribution in [1.82, 2.24) is 0 Å². The Morgan fingerprint density at radius 1 is 1.20 bits per heavy atom. The molecule has 0 aliphatic rings. The summed E-state index contributed by atoms with van der Waals surface area (Å²) in [6.07, 6.45) is 0. The first-order valence-electron chi connectivity index (χ1n) is 4.44. The van der Waals surface area contributed by atoms with Gasteiger partial charge in [0.1, 0.15) is 12.4 Å². The van der Waals surface area contributed by atoms with Crippen LogP contribution in [0.1, 0.15) is 17.3 Å². The molecule has 0 saturated carbocycles. The minimum absolute atomic E-state index is 0.0393. The number of Topliss-reactive ketones (excluding diaryl/α,β-unsaturated/α-hetero) is 1. The van der Waals surface area contributed by atoms with Crippen LogP contribution in [0.4, 0.5) is 0 Å².